The maximum absolute atomic E-state index is 12.8. The van der Waals surface area contributed by atoms with Gasteiger partial charge in [0.25, 0.3) is 0 Å². The van der Waals surface area contributed by atoms with E-state index in [-0.39, 0.29) is 44.0 Å². The fourth-order valence-electron chi connectivity index (χ4n) is 7.07. The van der Waals surface area contributed by atoms with Crippen LogP contribution in [-0.2, 0) is 28.6 Å². The molecule has 0 aliphatic rings. The molecule has 1 atom stereocenters. The second kappa shape index (κ2) is 57.9. The van der Waals surface area contributed by atoms with E-state index in [4.69, 9.17) is 14.2 Å². The van der Waals surface area contributed by atoms with Crippen LogP contribution in [-0.4, -0.2) is 37.2 Å². The molecule has 0 bridgehead atoms. The topological polar surface area (TPSA) is 78.9 Å². The molecule has 0 aromatic rings. The van der Waals surface area contributed by atoms with Crippen molar-refractivity contribution in [1.82, 2.24) is 0 Å². The fraction of sp³-hybridized carbons (Fsp3) is 0.585. The number of unbranched alkanes of at least 4 members (excludes halogenated alkanes) is 14. The first kappa shape index (κ1) is 66.3. The molecule has 0 saturated heterocycles. The molecule has 0 spiro atoms. The monoisotopic (exact) mass is 979 g/mol. The molecular formula is C65H102O6. The molecule has 0 fully saturated rings. The van der Waals surface area contributed by atoms with Crippen molar-refractivity contribution in [2.75, 3.05) is 13.2 Å². The fourth-order valence-corrected chi connectivity index (χ4v) is 7.07. The van der Waals surface area contributed by atoms with E-state index < -0.39 is 6.10 Å². The normalized spacial score (nSPS) is 13.2. The van der Waals surface area contributed by atoms with Gasteiger partial charge < -0.3 is 14.2 Å². The van der Waals surface area contributed by atoms with Crippen LogP contribution >= 0.6 is 0 Å². The number of esters is 3. The minimum absolute atomic E-state index is 0.128. The van der Waals surface area contributed by atoms with Gasteiger partial charge in [0.2, 0.25) is 0 Å². The lowest BCUT2D eigenvalue weighted by Crippen LogP contribution is -2.30. The van der Waals surface area contributed by atoms with Gasteiger partial charge in [0, 0.05) is 19.3 Å². The first-order valence-corrected chi connectivity index (χ1v) is 28.3. The summed E-state index contributed by atoms with van der Waals surface area (Å²) < 4.78 is 16.7. The molecule has 0 aliphatic heterocycles. The van der Waals surface area contributed by atoms with Crippen LogP contribution in [0.4, 0.5) is 0 Å². The third kappa shape index (κ3) is 56.1. The average molecular weight is 980 g/mol. The summed E-state index contributed by atoms with van der Waals surface area (Å²) in [6.45, 7) is 6.35. The maximum Gasteiger partial charge on any atom is 0.306 e. The molecule has 0 rings (SSSR count). The number of hydrogen-bond acceptors (Lipinski definition) is 6. The van der Waals surface area contributed by atoms with Gasteiger partial charge in [-0.1, -0.05) is 218 Å². The zero-order valence-corrected chi connectivity index (χ0v) is 45.4. The van der Waals surface area contributed by atoms with E-state index in [1.165, 1.54) is 51.4 Å². The standard InChI is InChI=1S/C65H102O6/c1-4-7-10-13-16-19-22-25-28-30-32-34-37-40-43-46-49-52-55-58-64(67)70-61-62(60-69-63(66)57-54-51-48-45-42-39-36-27-24-21-18-15-12-9-6-3)71-65(68)59-56-53-50-47-44-41-38-35-33-31-29-26-23-20-17-14-11-8-5-2/h8,11,16-21,25-29,32-36,40-41,43-44,49,52,62H,4-7,9-10,12-15,22-24,30-31,37-39,42,45-48,50-51,53-61H2,1-3H3/b11-8-,19-16-,20-17-,21-18-,28-25-,29-26-,34-32-,35-33-,36-27-,43-40-,44-41-,52-49-/t62-/m0/s1. The molecule has 71 heavy (non-hydrogen) atoms. The molecule has 0 amide bonds. The summed E-state index contributed by atoms with van der Waals surface area (Å²) in [6, 6.07) is 0. The van der Waals surface area contributed by atoms with Crippen LogP contribution in [0.15, 0.2) is 146 Å². The first-order valence-electron chi connectivity index (χ1n) is 28.3. The van der Waals surface area contributed by atoms with Crippen LogP contribution in [0.2, 0.25) is 0 Å². The minimum Gasteiger partial charge on any atom is -0.462 e. The van der Waals surface area contributed by atoms with Gasteiger partial charge in [-0.2, -0.15) is 0 Å². The Morgan fingerprint density at radius 1 is 0.296 bits per heavy atom. The Labute approximate surface area is 436 Å². The number of ether oxygens (including phenoxy) is 3. The lowest BCUT2D eigenvalue weighted by molar-refractivity contribution is -0.166. The summed E-state index contributed by atoms with van der Waals surface area (Å²) in [5.41, 5.74) is 0. The Hall–Kier alpha value is -4.71. The highest BCUT2D eigenvalue weighted by Gasteiger charge is 2.19. The zero-order chi connectivity index (χ0) is 51.4. The van der Waals surface area contributed by atoms with Gasteiger partial charge in [0.1, 0.15) is 13.2 Å². The van der Waals surface area contributed by atoms with Crippen molar-refractivity contribution in [3.8, 4) is 0 Å². The number of carbonyl (C=O) groups excluding carboxylic acids is 3. The summed E-state index contributed by atoms with van der Waals surface area (Å²) in [4.78, 5) is 38.1. The Morgan fingerprint density at radius 3 is 0.958 bits per heavy atom. The summed E-state index contributed by atoms with van der Waals surface area (Å²) in [6.07, 6.45) is 82.7. The largest absolute Gasteiger partial charge is 0.462 e. The van der Waals surface area contributed by atoms with Crippen LogP contribution < -0.4 is 0 Å². The van der Waals surface area contributed by atoms with Crippen molar-refractivity contribution < 1.29 is 28.6 Å². The summed E-state index contributed by atoms with van der Waals surface area (Å²) in [5.74, 6) is -1.07. The highest BCUT2D eigenvalue weighted by Crippen LogP contribution is 2.12. The minimum atomic E-state index is -0.839. The molecule has 0 saturated carbocycles. The van der Waals surface area contributed by atoms with Crippen molar-refractivity contribution in [2.24, 2.45) is 0 Å². The van der Waals surface area contributed by atoms with Gasteiger partial charge in [0.15, 0.2) is 6.10 Å². The summed E-state index contributed by atoms with van der Waals surface area (Å²) in [7, 11) is 0. The molecule has 0 unspecified atom stereocenters. The van der Waals surface area contributed by atoms with E-state index >= 15 is 0 Å². The molecule has 6 nitrogen and oxygen atoms in total. The van der Waals surface area contributed by atoms with Crippen molar-refractivity contribution in [1.29, 1.82) is 0 Å². The Morgan fingerprint density at radius 2 is 0.577 bits per heavy atom. The van der Waals surface area contributed by atoms with Gasteiger partial charge in [-0.05, 0) is 135 Å². The highest BCUT2D eigenvalue weighted by atomic mass is 16.6. The molecule has 0 radical (unpaired) electrons. The second-order valence-corrected chi connectivity index (χ2v) is 18.1. The third-order valence-corrected chi connectivity index (χ3v) is 11.3. The van der Waals surface area contributed by atoms with E-state index in [0.717, 1.165) is 122 Å². The van der Waals surface area contributed by atoms with Crippen molar-refractivity contribution in [2.45, 2.75) is 232 Å². The number of carbonyl (C=O) groups is 3. The quantitative estimate of drug-likeness (QED) is 0.0262. The molecule has 0 N–H and O–H groups in total. The lowest BCUT2D eigenvalue weighted by Gasteiger charge is -2.18. The van der Waals surface area contributed by atoms with E-state index in [0.29, 0.717) is 19.3 Å². The second-order valence-electron chi connectivity index (χ2n) is 18.1. The van der Waals surface area contributed by atoms with E-state index in [1.54, 1.807) is 0 Å². The summed E-state index contributed by atoms with van der Waals surface area (Å²) in [5, 5.41) is 0. The van der Waals surface area contributed by atoms with Gasteiger partial charge >= 0.3 is 17.9 Å². The van der Waals surface area contributed by atoms with Gasteiger partial charge in [-0.15, -0.1) is 0 Å². The average Bonchev–Trinajstić information content (AvgIpc) is 3.37. The predicted octanol–water partition coefficient (Wildman–Crippen LogP) is 19.2. The van der Waals surface area contributed by atoms with Crippen molar-refractivity contribution >= 4 is 17.9 Å². The van der Waals surface area contributed by atoms with E-state index in [9.17, 15) is 14.4 Å². The van der Waals surface area contributed by atoms with E-state index in [2.05, 4.69) is 154 Å². The molecule has 0 heterocycles. The first-order chi connectivity index (χ1) is 35.0. The van der Waals surface area contributed by atoms with Crippen LogP contribution in [0.25, 0.3) is 0 Å². The molecule has 0 aromatic heterocycles. The lowest BCUT2D eigenvalue weighted by atomic mass is 10.1. The number of rotatable bonds is 49. The highest BCUT2D eigenvalue weighted by molar-refractivity contribution is 5.71. The zero-order valence-electron chi connectivity index (χ0n) is 45.4. The van der Waals surface area contributed by atoms with Gasteiger partial charge in [-0.3, -0.25) is 14.4 Å². The molecule has 6 heteroatoms. The smallest absolute Gasteiger partial charge is 0.306 e. The van der Waals surface area contributed by atoms with Gasteiger partial charge in [0.05, 0.1) is 0 Å². The molecular weight excluding hydrogens is 877 g/mol. The SMILES string of the molecule is CC/C=C\C/C=C\C/C=C\C/C=C\C/C=C\CCCCCC(=O)O[C@H](COC(=O)CC/C=C\C/C=C\C/C=C\C/C=C\C/C=C\CCCCC)COC(=O)CCCCCCC/C=C\C/C=C\CCCCC. The Balaban J connectivity index is 4.62. The van der Waals surface area contributed by atoms with Crippen LogP contribution in [0.5, 0.6) is 0 Å². The number of allylic oxidation sites excluding steroid dienone is 24. The third-order valence-electron chi connectivity index (χ3n) is 11.3. The summed E-state index contributed by atoms with van der Waals surface area (Å²) >= 11 is 0. The molecule has 398 valence electrons. The van der Waals surface area contributed by atoms with Crippen LogP contribution in [0.3, 0.4) is 0 Å². The molecule has 0 aliphatic carbocycles. The Bertz CT molecular complexity index is 1590. The molecule has 0 aromatic carbocycles. The van der Waals surface area contributed by atoms with Crippen molar-refractivity contribution in [3.05, 3.63) is 146 Å². The van der Waals surface area contributed by atoms with E-state index in [1.807, 2.05) is 12.2 Å². The Kier molecular flexibility index (Phi) is 54.0. The number of hydrogen-bond donors (Lipinski definition) is 0. The predicted molar refractivity (Wildman–Crippen MR) is 306 cm³/mol. The van der Waals surface area contributed by atoms with Gasteiger partial charge in [-0.25, -0.2) is 0 Å². The maximum atomic E-state index is 12.8. The van der Waals surface area contributed by atoms with Crippen molar-refractivity contribution in [3.63, 3.8) is 0 Å². The van der Waals surface area contributed by atoms with Crippen LogP contribution in [0, 0.1) is 0 Å². The van der Waals surface area contributed by atoms with Crippen LogP contribution in [0.1, 0.15) is 226 Å².